The number of benzene rings is 1. The van der Waals surface area contributed by atoms with Crippen molar-refractivity contribution < 1.29 is 4.79 Å². The molecule has 0 bridgehead atoms. The maximum absolute atomic E-state index is 12.2. The fraction of sp³-hybridized carbons (Fsp3) is 0.500. The molecule has 1 amide bonds. The summed E-state index contributed by atoms with van der Waals surface area (Å²) in [5.74, 6) is 0.245. The molecule has 0 aliphatic heterocycles. The average Bonchev–Trinajstić information content (AvgIpc) is 3.03. The van der Waals surface area contributed by atoms with E-state index in [0.717, 1.165) is 36.2 Å². The molecule has 1 saturated carbocycles. The van der Waals surface area contributed by atoms with Crippen molar-refractivity contribution in [2.75, 3.05) is 0 Å². The van der Waals surface area contributed by atoms with Gasteiger partial charge in [0.1, 0.15) is 0 Å². The molecular formula is C16H21N3OS. The molecule has 1 aromatic carbocycles. The number of amides is 1. The first-order chi connectivity index (χ1) is 10.1. The molecule has 3 atom stereocenters. The largest absolute Gasteiger partial charge is 0.353 e. The van der Waals surface area contributed by atoms with Crippen molar-refractivity contribution in [3.05, 3.63) is 29.3 Å². The summed E-state index contributed by atoms with van der Waals surface area (Å²) in [6.45, 7) is 2.04. The summed E-state index contributed by atoms with van der Waals surface area (Å²) in [4.78, 5) is 16.8. The SMILES string of the molecule is CC(Cc1nc2ccccc2s1)NC(=O)C1CCC(N)C1. The van der Waals surface area contributed by atoms with Gasteiger partial charge in [-0.1, -0.05) is 12.1 Å². The molecular weight excluding hydrogens is 282 g/mol. The Hall–Kier alpha value is -1.46. The highest BCUT2D eigenvalue weighted by molar-refractivity contribution is 7.18. The number of thiazole rings is 1. The monoisotopic (exact) mass is 303 g/mol. The van der Waals surface area contributed by atoms with Crippen molar-refractivity contribution in [2.45, 2.75) is 44.7 Å². The van der Waals surface area contributed by atoms with Gasteiger partial charge in [0, 0.05) is 24.4 Å². The van der Waals surface area contributed by atoms with Gasteiger partial charge in [0.2, 0.25) is 5.91 Å². The number of hydrogen-bond acceptors (Lipinski definition) is 4. The van der Waals surface area contributed by atoms with Crippen molar-refractivity contribution in [3.63, 3.8) is 0 Å². The first-order valence-electron chi connectivity index (χ1n) is 7.52. The third-order valence-corrected chi connectivity index (χ3v) is 5.11. The Balaban J connectivity index is 1.58. The van der Waals surface area contributed by atoms with Gasteiger partial charge in [-0.15, -0.1) is 11.3 Å². The summed E-state index contributed by atoms with van der Waals surface area (Å²) in [5, 5.41) is 4.18. The van der Waals surface area contributed by atoms with Crippen LogP contribution in [0.5, 0.6) is 0 Å². The van der Waals surface area contributed by atoms with Gasteiger partial charge in [-0.25, -0.2) is 4.98 Å². The van der Waals surface area contributed by atoms with Gasteiger partial charge in [-0.2, -0.15) is 0 Å². The lowest BCUT2D eigenvalue weighted by molar-refractivity contribution is -0.125. The zero-order valence-corrected chi connectivity index (χ0v) is 13.0. The Kier molecular flexibility index (Phi) is 4.22. The van der Waals surface area contributed by atoms with Crippen LogP contribution in [-0.2, 0) is 11.2 Å². The number of para-hydroxylation sites is 1. The molecule has 1 aliphatic carbocycles. The van der Waals surface area contributed by atoms with Gasteiger partial charge in [-0.05, 0) is 38.3 Å². The van der Waals surface area contributed by atoms with Crippen LogP contribution in [0, 0.1) is 5.92 Å². The Morgan fingerprint density at radius 2 is 2.29 bits per heavy atom. The number of carbonyl (C=O) groups excluding carboxylic acids is 1. The molecule has 0 spiro atoms. The van der Waals surface area contributed by atoms with Gasteiger partial charge in [0.05, 0.1) is 15.2 Å². The highest BCUT2D eigenvalue weighted by Gasteiger charge is 2.28. The maximum Gasteiger partial charge on any atom is 0.223 e. The maximum atomic E-state index is 12.2. The molecule has 3 rings (SSSR count). The van der Waals surface area contributed by atoms with E-state index in [0.29, 0.717) is 0 Å². The molecule has 5 heteroatoms. The number of carbonyl (C=O) groups is 1. The van der Waals surface area contributed by atoms with E-state index in [-0.39, 0.29) is 23.9 Å². The molecule has 1 fully saturated rings. The van der Waals surface area contributed by atoms with E-state index in [1.54, 1.807) is 11.3 Å². The smallest absolute Gasteiger partial charge is 0.223 e. The third kappa shape index (κ3) is 3.41. The van der Waals surface area contributed by atoms with Crippen molar-refractivity contribution in [2.24, 2.45) is 11.7 Å². The van der Waals surface area contributed by atoms with E-state index >= 15 is 0 Å². The quantitative estimate of drug-likeness (QED) is 0.911. The number of nitrogens with zero attached hydrogens (tertiary/aromatic N) is 1. The zero-order chi connectivity index (χ0) is 14.8. The summed E-state index contributed by atoms with van der Waals surface area (Å²) in [6.07, 6.45) is 3.48. The molecule has 1 aliphatic rings. The zero-order valence-electron chi connectivity index (χ0n) is 12.2. The molecule has 4 nitrogen and oxygen atoms in total. The second kappa shape index (κ2) is 6.12. The minimum absolute atomic E-state index is 0.0952. The Labute approximate surface area is 128 Å². The van der Waals surface area contributed by atoms with E-state index in [2.05, 4.69) is 16.4 Å². The van der Waals surface area contributed by atoms with Crippen LogP contribution in [0.4, 0.5) is 0 Å². The second-order valence-electron chi connectivity index (χ2n) is 5.96. The third-order valence-electron chi connectivity index (χ3n) is 4.05. The Morgan fingerprint density at radius 1 is 1.48 bits per heavy atom. The van der Waals surface area contributed by atoms with Crippen LogP contribution in [0.15, 0.2) is 24.3 Å². The predicted molar refractivity (Wildman–Crippen MR) is 86.2 cm³/mol. The second-order valence-corrected chi connectivity index (χ2v) is 7.07. The van der Waals surface area contributed by atoms with Crippen LogP contribution in [0.1, 0.15) is 31.2 Å². The van der Waals surface area contributed by atoms with Crippen molar-refractivity contribution in [1.29, 1.82) is 0 Å². The first-order valence-corrected chi connectivity index (χ1v) is 8.34. The Morgan fingerprint density at radius 3 is 3.00 bits per heavy atom. The molecule has 0 saturated heterocycles. The number of rotatable bonds is 4. The fourth-order valence-electron chi connectivity index (χ4n) is 2.94. The number of hydrogen-bond donors (Lipinski definition) is 2. The van der Waals surface area contributed by atoms with Crippen LogP contribution in [0.2, 0.25) is 0 Å². The molecule has 0 radical (unpaired) electrons. The molecule has 1 aromatic heterocycles. The van der Waals surface area contributed by atoms with Crippen LogP contribution < -0.4 is 11.1 Å². The van der Waals surface area contributed by atoms with Crippen molar-refractivity contribution in [1.82, 2.24) is 10.3 Å². The van der Waals surface area contributed by atoms with Crippen LogP contribution in [0.3, 0.4) is 0 Å². The standard InChI is InChI=1S/C16H21N3OS/c1-10(18-16(20)11-6-7-12(17)9-11)8-15-19-13-4-2-3-5-14(13)21-15/h2-5,10-12H,6-9,17H2,1H3,(H,18,20). The van der Waals surface area contributed by atoms with Crippen molar-refractivity contribution in [3.8, 4) is 0 Å². The molecule has 112 valence electrons. The topological polar surface area (TPSA) is 68.0 Å². The number of aromatic nitrogens is 1. The molecule has 3 N–H and O–H groups in total. The highest BCUT2D eigenvalue weighted by Crippen LogP contribution is 2.25. The minimum atomic E-state index is 0.0952. The van der Waals surface area contributed by atoms with Gasteiger partial charge in [-0.3, -0.25) is 4.79 Å². The highest BCUT2D eigenvalue weighted by atomic mass is 32.1. The van der Waals surface area contributed by atoms with E-state index in [1.807, 2.05) is 25.1 Å². The Bertz CT molecular complexity index is 606. The molecule has 3 unspecified atom stereocenters. The van der Waals surface area contributed by atoms with Crippen molar-refractivity contribution >= 4 is 27.5 Å². The lowest BCUT2D eigenvalue weighted by Crippen LogP contribution is -2.38. The van der Waals surface area contributed by atoms with Gasteiger partial charge in [0.25, 0.3) is 0 Å². The van der Waals surface area contributed by atoms with Crippen LogP contribution in [0.25, 0.3) is 10.2 Å². The van der Waals surface area contributed by atoms with E-state index in [9.17, 15) is 4.79 Å². The summed E-state index contributed by atoms with van der Waals surface area (Å²) >= 11 is 1.70. The molecule has 1 heterocycles. The van der Waals surface area contributed by atoms with E-state index < -0.39 is 0 Å². The van der Waals surface area contributed by atoms with Gasteiger partial charge < -0.3 is 11.1 Å². The number of nitrogens with one attached hydrogen (secondary N) is 1. The first kappa shape index (κ1) is 14.5. The summed E-state index contributed by atoms with van der Waals surface area (Å²) < 4.78 is 1.20. The molecule has 2 aromatic rings. The predicted octanol–water partition coefficient (Wildman–Crippen LogP) is 2.47. The number of nitrogens with two attached hydrogens (primary N) is 1. The van der Waals surface area contributed by atoms with Crippen LogP contribution in [-0.4, -0.2) is 23.0 Å². The summed E-state index contributed by atoms with van der Waals surface area (Å²) in [7, 11) is 0. The lowest BCUT2D eigenvalue weighted by atomic mass is 10.1. The summed E-state index contributed by atoms with van der Waals surface area (Å²) in [6, 6.07) is 8.44. The van der Waals surface area contributed by atoms with Crippen LogP contribution >= 0.6 is 11.3 Å². The van der Waals surface area contributed by atoms with Gasteiger partial charge >= 0.3 is 0 Å². The lowest BCUT2D eigenvalue weighted by Gasteiger charge is -2.16. The average molecular weight is 303 g/mol. The normalized spacial score (nSPS) is 23.3. The van der Waals surface area contributed by atoms with Gasteiger partial charge in [0.15, 0.2) is 0 Å². The summed E-state index contributed by atoms with van der Waals surface area (Å²) in [5.41, 5.74) is 6.91. The minimum Gasteiger partial charge on any atom is -0.353 e. The molecule has 21 heavy (non-hydrogen) atoms. The fourth-order valence-corrected chi connectivity index (χ4v) is 4.03. The van der Waals surface area contributed by atoms with E-state index in [1.165, 1.54) is 4.70 Å². The number of fused-ring (bicyclic) bond motifs is 1. The van der Waals surface area contributed by atoms with E-state index in [4.69, 9.17) is 5.73 Å².